The number of ketones is 1. The molecule has 4 rings (SSSR count). The van der Waals surface area contributed by atoms with Gasteiger partial charge in [-0.15, -0.1) is 0 Å². The van der Waals surface area contributed by atoms with Gasteiger partial charge in [-0.2, -0.15) is 4.31 Å². The second-order valence-electron chi connectivity index (χ2n) is 8.09. The number of Topliss-reactive ketones (excluding diaryl/α,β-unsaturated/α-hetero) is 1. The van der Waals surface area contributed by atoms with Gasteiger partial charge in [-0.05, 0) is 69.2 Å². The predicted molar refractivity (Wildman–Crippen MR) is 121 cm³/mol. The Bertz CT molecular complexity index is 1250. The Hall–Kier alpha value is -3.17. The van der Waals surface area contributed by atoms with Crippen molar-refractivity contribution in [2.45, 2.75) is 38.1 Å². The molecule has 3 heterocycles. The molecule has 0 atom stereocenters. The minimum Gasteiger partial charge on any atom is -0.467 e. The molecule has 0 spiro atoms. The summed E-state index contributed by atoms with van der Waals surface area (Å²) >= 11 is 0. The number of aryl methyl sites for hydroxylation is 1. The molecule has 1 fully saturated rings. The summed E-state index contributed by atoms with van der Waals surface area (Å²) < 4.78 is 39.3. The van der Waals surface area contributed by atoms with Gasteiger partial charge in [0.05, 0.1) is 23.3 Å². The Morgan fingerprint density at radius 1 is 1.06 bits per heavy atom. The molecule has 0 bridgehead atoms. The summed E-state index contributed by atoms with van der Waals surface area (Å²) in [5.41, 5.74) is 2.26. The van der Waals surface area contributed by atoms with Crippen molar-refractivity contribution in [1.82, 2.24) is 8.87 Å². The number of nitrogens with zero attached hydrogens (tertiary/aromatic N) is 2. The Balaban J connectivity index is 1.39. The predicted octanol–water partition coefficient (Wildman–Crippen LogP) is 3.57. The third-order valence-electron chi connectivity index (χ3n) is 5.90. The number of furan rings is 1. The fraction of sp³-hybridized carbons (Fsp3) is 0.333. The second-order valence-corrected chi connectivity index (χ2v) is 10.0. The molecule has 0 N–H and O–H groups in total. The Morgan fingerprint density at radius 3 is 2.39 bits per heavy atom. The molecule has 0 radical (unpaired) electrons. The van der Waals surface area contributed by atoms with E-state index in [2.05, 4.69) is 0 Å². The maximum absolute atomic E-state index is 12.6. The average Bonchev–Trinajstić information content (AvgIpc) is 3.57. The minimum atomic E-state index is -3.54. The number of rotatable bonds is 8. The van der Waals surface area contributed by atoms with Crippen LogP contribution in [0.4, 0.5) is 0 Å². The first-order valence-electron chi connectivity index (χ1n) is 10.8. The van der Waals surface area contributed by atoms with E-state index in [4.69, 9.17) is 9.15 Å². The average molecular weight is 471 g/mol. The van der Waals surface area contributed by atoms with E-state index in [-0.39, 0.29) is 10.5 Å². The summed E-state index contributed by atoms with van der Waals surface area (Å²) in [4.78, 5) is 25.3. The molecular formula is C24H26N2O6S. The van der Waals surface area contributed by atoms with Crippen LogP contribution in [0.5, 0.6) is 0 Å². The van der Waals surface area contributed by atoms with Gasteiger partial charge < -0.3 is 13.7 Å². The van der Waals surface area contributed by atoms with Gasteiger partial charge in [-0.1, -0.05) is 0 Å². The lowest BCUT2D eigenvalue weighted by Gasteiger charge is -2.15. The maximum atomic E-state index is 12.6. The van der Waals surface area contributed by atoms with Crippen molar-refractivity contribution in [2.75, 3.05) is 19.7 Å². The number of carbonyl (C=O) groups excluding carboxylic acids is 2. The number of sulfonamides is 1. The molecule has 1 aliphatic rings. The van der Waals surface area contributed by atoms with E-state index in [1.807, 2.05) is 24.5 Å². The number of esters is 1. The molecule has 1 aliphatic heterocycles. The van der Waals surface area contributed by atoms with Crippen LogP contribution in [0.3, 0.4) is 0 Å². The molecular weight excluding hydrogens is 444 g/mol. The number of aromatic nitrogens is 1. The molecule has 0 unspecified atom stereocenters. The second kappa shape index (κ2) is 9.36. The summed E-state index contributed by atoms with van der Waals surface area (Å²) in [5.74, 6) is -0.227. The fourth-order valence-electron chi connectivity index (χ4n) is 3.99. The zero-order valence-corrected chi connectivity index (χ0v) is 19.4. The summed E-state index contributed by atoms with van der Waals surface area (Å²) in [5, 5.41) is 0. The zero-order chi connectivity index (χ0) is 23.6. The van der Waals surface area contributed by atoms with Gasteiger partial charge in [0.25, 0.3) is 0 Å². The highest BCUT2D eigenvalue weighted by molar-refractivity contribution is 7.89. The van der Waals surface area contributed by atoms with E-state index < -0.39 is 28.4 Å². The fourth-order valence-corrected chi connectivity index (χ4v) is 5.51. The van der Waals surface area contributed by atoms with Crippen LogP contribution in [0.1, 0.15) is 50.7 Å². The molecule has 1 aromatic carbocycles. The van der Waals surface area contributed by atoms with Gasteiger partial charge in [0.15, 0.2) is 12.4 Å². The van der Waals surface area contributed by atoms with E-state index in [0.717, 1.165) is 30.0 Å². The van der Waals surface area contributed by atoms with Crippen LogP contribution in [0.25, 0.3) is 0 Å². The van der Waals surface area contributed by atoms with Gasteiger partial charge in [-0.25, -0.2) is 13.2 Å². The maximum Gasteiger partial charge on any atom is 0.340 e. The summed E-state index contributed by atoms with van der Waals surface area (Å²) in [7, 11) is -3.54. The van der Waals surface area contributed by atoms with Gasteiger partial charge in [0.2, 0.25) is 10.0 Å². The normalized spacial score (nSPS) is 14.5. The molecule has 8 nitrogen and oxygen atoms in total. The van der Waals surface area contributed by atoms with Crippen LogP contribution in [0.15, 0.2) is 58.0 Å². The molecule has 2 aromatic heterocycles. The molecule has 9 heteroatoms. The first-order valence-corrected chi connectivity index (χ1v) is 12.2. The van der Waals surface area contributed by atoms with E-state index >= 15 is 0 Å². The lowest BCUT2D eigenvalue weighted by molar-refractivity contribution is 0.0474. The van der Waals surface area contributed by atoms with Crippen LogP contribution < -0.4 is 0 Å². The summed E-state index contributed by atoms with van der Waals surface area (Å²) in [6.45, 7) is 4.79. The van der Waals surface area contributed by atoms with Crippen LogP contribution in [-0.4, -0.2) is 48.7 Å². The minimum absolute atomic E-state index is 0.155. The monoisotopic (exact) mass is 470 g/mol. The molecule has 174 valence electrons. The van der Waals surface area contributed by atoms with Gasteiger partial charge in [0, 0.05) is 30.0 Å². The van der Waals surface area contributed by atoms with Crippen molar-refractivity contribution in [3.05, 3.63) is 77.0 Å². The van der Waals surface area contributed by atoms with Crippen LogP contribution in [0.2, 0.25) is 0 Å². The van der Waals surface area contributed by atoms with Crippen LogP contribution in [0, 0.1) is 13.8 Å². The van der Waals surface area contributed by atoms with Crippen molar-refractivity contribution in [2.24, 2.45) is 0 Å². The Morgan fingerprint density at radius 2 is 1.76 bits per heavy atom. The first kappa shape index (κ1) is 23.0. The van der Waals surface area contributed by atoms with Crippen LogP contribution >= 0.6 is 0 Å². The third kappa shape index (κ3) is 4.79. The molecule has 33 heavy (non-hydrogen) atoms. The summed E-state index contributed by atoms with van der Waals surface area (Å²) in [6, 6.07) is 11.1. The van der Waals surface area contributed by atoms with Gasteiger partial charge in [-0.3, -0.25) is 4.79 Å². The van der Waals surface area contributed by atoms with E-state index in [0.29, 0.717) is 25.2 Å². The standard InChI is InChI=1S/C24H26N2O6S/c1-17-14-22(18(2)26(17)15-20-6-5-13-31-20)24(28)32-16-23(27)19-7-9-21(10-8-19)33(29,30)25-11-3-4-12-25/h5-10,13-14H,3-4,11-12,15-16H2,1-2H3. The zero-order valence-electron chi connectivity index (χ0n) is 18.6. The molecule has 0 saturated carbocycles. The summed E-state index contributed by atoms with van der Waals surface area (Å²) in [6.07, 6.45) is 3.30. The number of benzene rings is 1. The first-order chi connectivity index (χ1) is 15.8. The molecule has 1 saturated heterocycles. The quantitative estimate of drug-likeness (QED) is 0.369. The SMILES string of the molecule is Cc1cc(C(=O)OCC(=O)c2ccc(S(=O)(=O)N3CCCC3)cc2)c(C)n1Cc1ccco1. The molecule has 3 aromatic rings. The van der Waals surface area contributed by atoms with Crippen LogP contribution in [-0.2, 0) is 21.3 Å². The molecule has 0 aliphatic carbocycles. The Labute approximate surface area is 192 Å². The number of carbonyl (C=O) groups is 2. The van der Waals surface area contributed by atoms with E-state index in [9.17, 15) is 18.0 Å². The van der Waals surface area contributed by atoms with E-state index in [1.54, 1.807) is 18.4 Å². The van der Waals surface area contributed by atoms with Crippen molar-refractivity contribution < 1.29 is 27.2 Å². The third-order valence-corrected chi connectivity index (χ3v) is 7.81. The smallest absolute Gasteiger partial charge is 0.340 e. The number of hydrogen-bond donors (Lipinski definition) is 0. The number of ether oxygens (including phenoxy) is 1. The topological polar surface area (TPSA) is 98.8 Å². The van der Waals surface area contributed by atoms with Crippen molar-refractivity contribution >= 4 is 21.8 Å². The highest BCUT2D eigenvalue weighted by Crippen LogP contribution is 2.22. The van der Waals surface area contributed by atoms with Crippen molar-refractivity contribution in [3.63, 3.8) is 0 Å². The highest BCUT2D eigenvalue weighted by Gasteiger charge is 2.27. The molecule has 0 amide bonds. The highest BCUT2D eigenvalue weighted by atomic mass is 32.2. The van der Waals surface area contributed by atoms with E-state index in [1.165, 1.54) is 28.6 Å². The largest absolute Gasteiger partial charge is 0.467 e. The number of hydrogen-bond acceptors (Lipinski definition) is 6. The van der Waals surface area contributed by atoms with Crippen molar-refractivity contribution in [1.29, 1.82) is 0 Å². The van der Waals surface area contributed by atoms with Gasteiger partial charge >= 0.3 is 5.97 Å². The Kier molecular flexibility index (Phi) is 6.53. The van der Waals surface area contributed by atoms with Gasteiger partial charge in [0.1, 0.15) is 5.76 Å². The lowest BCUT2D eigenvalue weighted by atomic mass is 10.1. The lowest BCUT2D eigenvalue weighted by Crippen LogP contribution is -2.27. The van der Waals surface area contributed by atoms with Crippen molar-refractivity contribution in [3.8, 4) is 0 Å².